The number of benzene rings is 1. The molecule has 0 bridgehead atoms. The highest BCUT2D eigenvalue weighted by molar-refractivity contribution is 5.87. The van der Waals surface area contributed by atoms with E-state index >= 15 is 0 Å². The van der Waals surface area contributed by atoms with Gasteiger partial charge < -0.3 is 4.74 Å². The molecule has 2 rings (SSSR count). The van der Waals surface area contributed by atoms with Gasteiger partial charge in [-0.25, -0.2) is 8.78 Å². The molecule has 4 heteroatoms. The van der Waals surface area contributed by atoms with Crippen molar-refractivity contribution in [3.05, 3.63) is 46.5 Å². The lowest BCUT2D eigenvalue weighted by atomic mass is 9.77. The zero-order valence-electron chi connectivity index (χ0n) is 11.2. The highest BCUT2D eigenvalue weighted by Gasteiger charge is 2.43. The van der Waals surface area contributed by atoms with Crippen molar-refractivity contribution in [2.75, 3.05) is 7.11 Å². The maximum Gasteiger partial charge on any atom is 0.320 e. The number of hydrogen-bond acceptors (Lipinski definition) is 2. The summed E-state index contributed by atoms with van der Waals surface area (Å²) in [6.07, 6.45) is 3.07. The molecule has 0 N–H and O–H groups in total. The van der Waals surface area contributed by atoms with Crippen molar-refractivity contribution in [1.29, 1.82) is 0 Å². The van der Waals surface area contributed by atoms with E-state index in [1.54, 1.807) is 6.08 Å². The minimum absolute atomic E-state index is 0.163. The van der Waals surface area contributed by atoms with Gasteiger partial charge in [0.05, 0.1) is 7.11 Å². The Morgan fingerprint density at radius 2 is 2.00 bits per heavy atom. The van der Waals surface area contributed by atoms with Gasteiger partial charge in [0.25, 0.3) is 0 Å². The minimum atomic E-state index is -0.989. The van der Waals surface area contributed by atoms with Gasteiger partial charge in [-0.2, -0.15) is 0 Å². The van der Waals surface area contributed by atoms with E-state index in [1.165, 1.54) is 20.1 Å². The lowest BCUT2D eigenvalue weighted by Gasteiger charge is -2.26. The molecule has 1 atom stereocenters. The van der Waals surface area contributed by atoms with Crippen LogP contribution in [0, 0.1) is 18.6 Å². The summed E-state index contributed by atoms with van der Waals surface area (Å²) < 4.78 is 31.8. The number of carbonyl (C=O) groups excluding carboxylic acids is 1. The topological polar surface area (TPSA) is 26.3 Å². The van der Waals surface area contributed by atoms with Crippen LogP contribution in [0.25, 0.3) is 0 Å². The van der Waals surface area contributed by atoms with E-state index in [4.69, 9.17) is 4.74 Å². The van der Waals surface area contributed by atoms with Crippen molar-refractivity contribution in [3.8, 4) is 0 Å². The van der Waals surface area contributed by atoms with E-state index in [1.807, 2.05) is 6.92 Å². The Labute approximate surface area is 111 Å². The fourth-order valence-electron chi connectivity index (χ4n) is 2.76. The van der Waals surface area contributed by atoms with E-state index in [0.717, 1.165) is 18.1 Å². The molecule has 0 amide bonds. The normalized spacial score (nSPS) is 22.3. The van der Waals surface area contributed by atoms with Crippen molar-refractivity contribution >= 4 is 5.97 Å². The van der Waals surface area contributed by atoms with Crippen LogP contribution in [0.5, 0.6) is 0 Å². The number of ether oxygens (including phenoxy) is 1. The number of allylic oxidation sites excluding steroid dienone is 1. The predicted octanol–water partition coefficient (Wildman–Crippen LogP) is 3.42. The fraction of sp³-hybridized carbons (Fsp3) is 0.400. The summed E-state index contributed by atoms with van der Waals surface area (Å²) in [5.41, 5.74) is 0.707. The number of hydrogen-bond donors (Lipinski definition) is 0. The maximum atomic E-state index is 13.7. The van der Waals surface area contributed by atoms with Crippen LogP contribution in [-0.4, -0.2) is 13.1 Å². The van der Waals surface area contributed by atoms with Crippen molar-refractivity contribution in [1.82, 2.24) is 0 Å². The third kappa shape index (κ3) is 2.05. The lowest BCUT2D eigenvalue weighted by Crippen LogP contribution is -2.34. The van der Waals surface area contributed by atoms with Crippen LogP contribution in [0.4, 0.5) is 8.78 Å². The van der Waals surface area contributed by atoms with Crippen molar-refractivity contribution in [3.63, 3.8) is 0 Å². The molecule has 2 nitrogen and oxygen atoms in total. The molecule has 1 aliphatic rings. The Bertz CT molecular complexity index is 564. The third-order valence-corrected chi connectivity index (χ3v) is 3.78. The van der Waals surface area contributed by atoms with Crippen LogP contribution in [-0.2, 0) is 14.9 Å². The molecule has 0 unspecified atom stereocenters. The lowest BCUT2D eigenvalue weighted by molar-refractivity contribution is -0.145. The molecule has 0 saturated carbocycles. The highest BCUT2D eigenvalue weighted by Crippen LogP contribution is 2.42. The number of halogens is 2. The Morgan fingerprint density at radius 3 is 2.53 bits per heavy atom. The van der Waals surface area contributed by atoms with E-state index < -0.39 is 23.0 Å². The second-order valence-corrected chi connectivity index (χ2v) is 4.99. The van der Waals surface area contributed by atoms with Gasteiger partial charge in [-0.15, -0.1) is 0 Å². The first-order valence-corrected chi connectivity index (χ1v) is 6.14. The summed E-state index contributed by atoms with van der Waals surface area (Å²) in [6.45, 7) is 3.40. The molecule has 102 valence electrons. The molecule has 1 aliphatic carbocycles. The molecule has 19 heavy (non-hydrogen) atoms. The molecule has 0 saturated heterocycles. The van der Waals surface area contributed by atoms with Gasteiger partial charge in [0, 0.05) is 0 Å². The summed E-state index contributed by atoms with van der Waals surface area (Å²) in [6, 6.07) is 2.53. The van der Waals surface area contributed by atoms with E-state index in [0.29, 0.717) is 12.0 Å². The van der Waals surface area contributed by atoms with Crippen molar-refractivity contribution in [2.45, 2.75) is 32.1 Å². The third-order valence-electron chi connectivity index (χ3n) is 3.78. The van der Waals surface area contributed by atoms with Gasteiger partial charge in [-0.3, -0.25) is 4.79 Å². The Balaban J connectivity index is 2.65. The SMILES string of the molecule is COC(=O)[C@]1(c2ccc(F)c(F)c2C)C=C(C)CC1. The van der Waals surface area contributed by atoms with Crippen LogP contribution in [0.1, 0.15) is 30.9 Å². The first-order valence-electron chi connectivity index (χ1n) is 6.14. The standard InChI is InChI=1S/C15H16F2O2/c1-9-6-7-15(8-9,14(18)19-3)11-4-5-12(16)13(17)10(11)2/h4-5,8H,6-7H2,1-3H3/t15-/m0/s1. The molecule has 0 aliphatic heterocycles. The number of carbonyl (C=O) groups is 1. The van der Waals surface area contributed by atoms with Crippen LogP contribution >= 0.6 is 0 Å². The molecule has 0 spiro atoms. The Morgan fingerprint density at radius 1 is 1.32 bits per heavy atom. The van der Waals surface area contributed by atoms with Gasteiger partial charge in [-0.05, 0) is 43.9 Å². The Hall–Kier alpha value is -1.71. The van der Waals surface area contributed by atoms with Crippen molar-refractivity contribution in [2.24, 2.45) is 0 Å². The van der Waals surface area contributed by atoms with Gasteiger partial charge in [0.1, 0.15) is 5.41 Å². The smallest absolute Gasteiger partial charge is 0.320 e. The average Bonchev–Trinajstić information content (AvgIpc) is 2.78. The van der Waals surface area contributed by atoms with Gasteiger partial charge >= 0.3 is 5.97 Å². The first kappa shape index (κ1) is 13.7. The predicted molar refractivity (Wildman–Crippen MR) is 67.8 cm³/mol. The molecule has 0 heterocycles. The summed E-state index contributed by atoms with van der Waals surface area (Å²) >= 11 is 0. The monoisotopic (exact) mass is 266 g/mol. The number of rotatable bonds is 2. The Kier molecular flexibility index (Phi) is 3.43. The molecule has 1 aromatic rings. The molecule has 0 fully saturated rings. The zero-order chi connectivity index (χ0) is 14.2. The molecule has 0 radical (unpaired) electrons. The van der Waals surface area contributed by atoms with Crippen LogP contribution in [0.15, 0.2) is 23.8 Å². The number of esters is 1. The van der Waals surface area contributed by atoms with Crippen LogP contribution in [0.3, 0.4) is 0 Å². The summed E-state index contributed by atoms with van der Waals surface area (Å²) in [7, 11) is 1.31. The molecule has 1 aromatic carbocycles. The van der Waals surface area contributed by atoms with Crippen LogP contribution < -0.4 is 0 Å². The first-order chi connectivity index (χ1) is 8.92. The van der Waals surface area contributed by atoms with Crippen LogP contribution in [0.2, 0.25) is 0 Å². The van der Waals surface area contributed by atoms with Gasteiger partial charge in [-0.1, -0.05) is 17.7 Å². The summed E-state index contributed by atoms with van der Waals surface area (Å²) in [5, 5.41) is 0. The largest absolute Gasteiger partial charge is 0.468 e. The molecule has 0 aromatic heterocycles. The second-order valence-electron chi connectivity index (χ2n) is 4.99. The quantitative estimate of drug-likeness (QED) is 0.605. The fourth-order valence-corrected chi connectivity index (χ4v) is 2.76. The molecular weight excluding hydrogens is 250 g/mol. The maximum absolute atomic E-state index is 13.7. The van der Waals surface area contributed by atoms with Crippen molar-refractivity contribution < 1.29 is 18.3 Å². The number of methoxy groups -OCH3 is 1. The minimum Gasteiger partial charge on any atom is -0.468 e. The summed E-state index contributed by atoms with van der Waals surface area (Å²) in [5.74, 6) is -2.24. The molecular formula is C15H16F2O2. The highest BCUT2D eigenvalue weighted by atomic mass is 19.2. The average molecular weight is 266 g/mol. The van der Waals surface area contributed by atoms with E-state index in [2.05, 4.69) is 0 Å². The second kappa shape index (κ2) is 4.76. The summed E-state index contributed by atoms with van der Waals surface area (Å²) in [4.78, 5) is 12.1. The van der Waals surface area contributed by atoms with Gasteiger partial charge in [0.15, 0.2) is 11.6 Å². The van der Waals surface area contributed by atoms with Gasteiger partial charge in [0.2, 0.25) is 0 Å². The van der Waals surface area contributed by atoms with E-state index in [9.17, 15) is 13.6 Å². The zero-order valence-corrected chi connectivity index (χ0v) is 11.2. The van der Waals surface area contributed by atoms with E-state index in [-0.39, 0.29) is 5.56 Å².